The molecule has 0 aromatic carbocycles. The minimum atomic E-state index is -3.51. The monoisotopic (exact) mass is 380 g/mol. The Morgan fingerprint density at radius 3 is 2.67 bits per heavy atom. The van der Waals surface area contributed by atoms with E-state index >= 15 is 0 Å². The van der Waals surface area contributed by atoms with Crippen molar-refractivity contribution in [3.63, 3.8) is 0 Å². The number of rotatable bonds is 10. The maximum atomic E-state index is 12.2. The molecule has 1 aromatic heterocycles. The number of nitrogens with one attached hydrogen (secondary N) is 2. The number of hydrogen-bond donors (Lipinski definition) is 2. The predicted molar refractivity (Wildman–Crippen MR) is 87.7 cm³/mol. The maximum absolute atomic E-state index is 12.2. The van der Waals surface area contributed by atoms with Gasteiger partial charge in [-0.15, -0.1) is 0 Å². The summed E-state index contributed by atoms with van der Waals surface area (Å²) in [5.41, 5.74) is 0. The van der Waals surface area contributed by atoms with Crippen molar-refractivity contribution in [2.75, 3.05) is 13.1 Å². The molecule has 2 N–H and O–H groups in total. The van der Waals surface area contributed by atoms with Crippen LogP contribution in [0.25, 0.3) is 0 Å². The Morgan fingerprint density at radius 2 is 2.05 bits per heavy atom. The Hall–Kier alpha value is -0.370. The van der Waals surface area contributed by atoms with Gasteiger partial charge in [0.25, 0.3) is 0 Å². The second kappa shape index (κ2) is 8.92. The van der Waals surface area contributed by atoms with Crippen LogP contribution in [0.15, 0.2) is 20.0 Å². The first-order valence-electron chi connectivity index (χ1n) is 7.35. The summed E-state index contributed by atoms with van der Waals surface area (Å²) in [7, 11) is -3.51. The largest absolute Gasteiger partial charge is 0.452 e. The fourth-order valence-corrected chi connectivity index (χ4v) is 3.95. The second-order valence-electron chi connectivity index (χ2n) is 5.42. The van der Waals surface area contributed by atoms with E-state index in [1.54, 1.807) is 6.07 Å². The van der Waals surface area contributed by atoms with E-state index in [0.29, 0.717) is 24.8 Å². The van der Waals surface area contributed by atoms with Gasteiger partial charge in [0.2, 0.25) is 10.0 Å². The minimum absolute atomic E-state index is 0.166. The molecular weight excluding hydrogens is 356 g/mol. The Labute approximate surface area is 136 Å². The normalized spacial score (nSPS) is 12.2. The number of halogens is 1. The molecule has 0 amide bonds. The molecule has 0 unspecified atom stereocenters. The van der Waals surface area contributed by atoms with E-state index in [1.165, 1.54) is 0 Å². The smallest absolute Gasteiger partial charge is 0.244 e. The minimum Gasteiger partial charge on any atom is -0.452 e. The molecule has 5 nitrogen and oxygen atoms in total. The molecule has 1 heterocycles. The van der Waals surface area contributed by atoms with Crippen molar-refractivity contribution in [2.24, 2.45) is 5.92 Å². The first kappa shape index (κ1) is 18.7. The van der Waals surface area contributed by atoms with E-state index in [2.05, 4.69) is 39.8 Å². The molecule has 0 saturated carbocycles. The van der Waals surface area contributed by atoms with Gasteiger partial charge in [0.1, 0.15) is 10.7 Å². The lowest BCUT2D eigenvalue weighted by molar-refractivity contribution is 0.464. The van der Waals surface area contributed by atoms with Crippen molar-refractivity contribution in [3.05, 3.63) is 16.5 Å². The van der Waals surface area contributed by atoms with Crippen LogP contribution in [-0.4, -0.2) is 21.5 Å². The van der Waals surface area contributed by atoms with Gasteiger partial charge in [-0.25, -0.2) is 13.1 Å². The fourth-order valence-electron chi connectivity index (χ4n) is 1.88. The quantitative estimate of drug-likeness (QED) is 0.611. The van der Waals surface area contributed by atoms with E-state index in [0.717, 1.165) is 25.8 Å². The number of unbranched alkanes of at least 4 members (excludes halogenated alkanes) is 1. The highest BCUT2D eigenvalue weighted by atomic mass is 79.9. The van der Waals surface area contributed by atoms with Crippen LogP contribution in [-0.2, 0) is 16.6 Å². The van der Waals surface area contributed by atoms with E-state index in [1.807, 2.05) is 6.92 Å². The predicted octanol–water partition coefficient (Wildman–Crippen LogP) is 3.26. The Morgan fingerprint density at radius 1 is 1.33 bits per heavy atom. The second-order valence-corrected chi connectivity index (χ2v) is 7.87. The molecule has 0 bridgehead atoms. The third kappa shape index (κ3) is 6.50. The van der Waals surface area contributed by atoms with Crippen molar-refractivity contribution >= 4 is 26.0 Å². The molecule has 0 atom stereocenters. The van der Waals surface area contributed by atoms with Gasteiger partial charge in [0, 0.05) is 12.6 Å². The van der Waals surface area contributed by atoms with Crippen LogP contribution in [0.5, 0.6) is 0 Å². The number of sulfonamides is 1. The van der Waals surface area contributed by atoms with Crippen LogP contribution >= 0.6 is 15.9 Å². The summed E-state index contributed by atoms with van der Waals surface area (Å²) >= 11 is 3.17. The summed E-state index contributed by atoms with van der Waals surface area (Å²) in [4.78, 5) is 0.166. The molecule has 0 aliphatic heterocycles. The fraction of sp³-hybridized carbons (Fsp3) is 0.714. The van der Waals surface area contributed by atoms with Crippen LogP contribution < -0.4 is 10.0 Å². The number of hydrogen-bond acceptors (Lipinski definition) is 4. The van der Waals surface area contributed by atoms with E-state index in [4.69, 9.17) is 4.42 Å². The SMILES string of the molecule is CCNCc1cc(S(=O)(=O)NCCCCC(C)C)c(Br)o1. The summed E-state index contributed by atoms with van der Waals surface area (Å²) in [6.45, 7) is 8.08. The highest BCUT2D eigenvalue weighted by molar-refractivity contribution is 9.10. The number of furan rings is 1. The van der Waals surface area contributed by atoms with E-state index in [-0.39, 0.29) is 9.56 Å². The maximum Gasteiger partial charge on any atom is 0.244 e. The molecule has 122 valence electrons. The average molecular weight is 381 g/mol. The van der Waals surface area contributed by atoms with Crippen LogP contribution in [0.2, 0.25) is 0 Å². The zero-order valence-electron chi connectivity index (χ0n) is 12.9. The molecular formula is C14H25BrN2O3S. The average Bonchev–Trinajstić information content (AvgIpc) is 2.77. The van der Waals surface area contributed by atoms with Crippen molar-refractivity contribution in [2.45, 2.75) is 51.5 Å². The van der Waals surface area contributed by atoms with Gasteiger partial charge in [-0.3, -0.25) is 0 Å². The molecule has 0 fully saturated rings. The van der Waals surface area contributed by atoms with Gasteiger partial charge >= 0.3 is 0 Å². The molecule has 1 rings (SSSR count). The first-order valence-corrected chi connectivity index (χ1v) is 9.63. The molecule has 0 aliphatic carbocycles. The lowest BCUT2D eigenvalue weighted by Gasteiger charge is -2.06. The van der Waals surface area contributed by atoms with Crippen LogP contribution in [0, 0.1) is 5.92 Å². The Bertz CT molecular complexity index is 526. The summed E-state index contributed by atoms with van der Waals surface area (Å²) in [5, 5.41) is 3.10. The zero-order chi connectivity index (χ0) is 15.9. The highest BCUT2D eigenvalue weighted by Crippen LogP contribution is 2.26. The third-order valence-electron chi connectivity index (χ3n) is 3.05. The van der Waals surface area contributed by atoms with Crippen molar-refractivity contribution in [1.29, 1.82) is 0 Å². The first-order chi connectivity index (χ1) is 9.86. The topological polar surface area (TPSA) is 71.3 Å². The summed E-state index contributed by atoms with van der Waals surface area (Å²) in [6, 6.07) is 1.56. The van der Waals surface area contributed by atoms with Gasteiger partial charge in [-0.1, -0.05) is 33.6 Å². The standard InChI is InChI=1S/C14H25BrN2O3S/c1-4-16-10-12-9-13(14(15)20-12)21(18,19)17-8-6-5-7-11(2)3/h9,11,16-17H,4-8,10H2,1-3H3. The molecule has 7 heteroatoms. The lowest BCUT2D eigenvalue weighted by atomic mass is 10.1. The molecule has 0 spiro atoms. The van der Waals surface area contributed by atoms with E-state index < -0.39 is 10.0 Å². The molecule has 1 aromatic rings. The van der Waals surface area contributed by atoms with Gasteiger partial charge in [-0.2, -0.15) is 0 Å². The van der Waals surface area contributed by atoms with Crippen molar-refractivity contribution in [1.82, 2.24) is 10.0 Å². The van der Waals surface area contributed by atoms with Crippen LogP contribution in [0.4, 0.5) is 0 Å². The van der Waals surface area contributed by atoms with E-state index in [9.17, 15) is 8.42 Å². The third-order valence-corrected chi connectivity index (χ3v) is 5.36. The van der Waals surface area contributed by atoms with Crippen molar-refractivity contribution < 1.29 is 12.8 Å². The Kier molecular flexibility index (Phi) is 7.94. The molecule has 0 saturated heterocycles. The lowest BCUT2D eigenvalue weighted by Crippen LogP contribution is -2.24. The van der Waals surface area contributed by atoms with Gasteiger partial charge in [0.15, 0.2) is 4.67 Å². The molecule has 21 heavy (non-hydrogen) atoms. The summed E-state index contributed by atoms with van der Waals surface area (Å²) in [5.74, 6) is 1.25. The summed E-state index contributed by atoms with van der Waals surface area (Å²) in [6.07, 6.45) is 2.99. The molecule has 0 radical (unpaired) electrons. The van der Waals surface area contributed by atoms with Gasteiger partial charge in [0.05, 0.1) is 6.54 Å². The van der Waals surface area contributed by atoms with Gasteiger partial charge in [-0.05, 0) is 34.8 Å². The van der Waals surface area contributed by atoms with Gasteiger partial charge < -0.3 is 9.73 Å². The highest BCUT2D eigenvalue weighted by Gasteiger charge is 2.21. The summed E-state index contributed by atoms with van der Waals surface area (Å²) < 4.78 is 32.7. The zero-order valence-corrected chi connectivity index (χ0v) is 15.3. The molecule has 0 aliphatic rings. The van der Waals surface area contributed by atoms with Crippen LogP contribution in [0.3, 0.4) is 0 Å². The van der Waals surface area contributed by atoms with Crippen molar-refractivity contribution in [3.8, 4) is 0 Å². The van der Waals surface area contributed by atoms with Crippen LogP contribution in [0.1, 0.15) is 45.8 Å². The Balaban J connectivity index is 2.55.